The Morgan fingerprint density at radius 2 is 2.00 bits per heavy atom. The van der Waals surface area contributed by atoms with E-state index in [2.05, 4.69) is 25.6 Å². The van der Waals surface area contributed by atoms with Crippen LogP contribution >= 0.6 is 11.3 Å². The number of nitrogens with one attached hydrogen (secondary N) is 3. The van der Waals surface area contributed by atoms with E-state index in [4.69, 9.17) is 11.1 Å². The lowest BCUT2D eigenvalue weighted by Gasteiger charge is -2.16. The van der Waals surface area contributed by atoms with Gasteiger partial charge in [0.1, 0.15) is 18.0 Å². The fraction of sp³-hybridized carbons (Fsp3) is 0.154. The van der Waals surface area contributed by atoms with Crippen LogP contribution in [0.15, 0.2) is 53.6 Å². The summed E-state index contributed by atoms with van der Waals surface area (Å²) < 4.78 is 2.43. The van der Waals surface area contributed by atoms with Crippen molar-refractivity contribution in [3.63, 3.8) is 0 Å². The van der Waals surface area contributed by atoms with Crippen molar-refractivity contribution in [2.45, 2.75) is 20.4 Å². The molecule has 5 rings (SSSR count). The summed E-state index contributed by atoms with van der Waals surface area (Å²) in [4.78, 5) is 37.2. The number of nitrogens with two attached hydrogens (primary N) is 1. The maximum atomic E-state index is 13.0. The molecular weight excluding hydrogens is 488 g/mol. The maximum Gasteiger partial charge on any atom is 0.258 e. The van der Waals surface area contributed by atoms with Crippen molar-refractivity contribution in [1.29, 1.82) is 5.41 Å². The van der Waals surface area contributed by atoms with E-state index in [1.54, 1.807) is 23.7 Å². The normalized spacial score (nSPS) is 11.1. The van der Waals surface area contributed by atoms with Crippen molar-refractivity contribution >= 4 is 60.7 Å². The molecule has 0 aliphatic rings. The van der Waals surface area contributed by atoms with Gasteiger partial charge in [-0.05, 0) is 36.1 Å². The minimum Gasteiger partial charge on any atom is -0.383 e. The van der Waals surface area contributed by atoms with E-state index >= 15 is 0 Å². The zero-order chi connectivity index (χ0) is 26.3. The highest BCUT2D eigenvalue weighted by Gasteiger charge is 2.18. The third-order valence-electron chi connectivity index (χ3n) is 6.10. The fourth-order valence-corrected chi connectivity index (χ4v) is 5.18. The van der Waals surface area contributed by atoms with Crippen LogP contribution in [0.4, 0.5) is 16.8 Å². The highest BCUT2D eigenvalue weighted by molar-refractivity contribution is 7.22. The van der Waals surface area contributed by atoms with E-state index in [1.807, 2.05) is 37.3 Å². The lowest BCUT2D eigenvalue weighted by Crippen LogP contribution is -2.23. The quantitative estimate of drug-likeness (QED) is 0.252. The first-order valence-corrected chi connectivity index (χ1v) is 12.2. The minimum absolute atomic E-state index is 0.0703. The summed E-state index contributed by atoms with van der Waals surface area (Å²) in [6.07, 6.45) is 1.34. The van der Waals surface area contributed by atoms with Crippen molar-refractivity contribution < 1.29 is 4.79 Å². The second kappa shape index (κ2) is 9.43. The lowest BCUT2D eigenvalue weighted by atomic mass is 10.0. The molecule has 1 amide bonds. The van der Waals surface area contributed by atoms with Gasteiger partial charge in [-0.2, -0.15) is 0 Å². The van der Waals surface area contributed by atoms with Gasteiger partial charge in [0.15, 0.2) is 5.13 Å². The molecule has 11 heteroatoms. The number of carbonyl (C=O) groups excluding carboxylic acids is 1. The highest BCUT2D eigenvalue weighted by atomic mass is 32.1. The van der Waals surface area contributed by atoms with Crippen molar-refractivity contribution in [2.75, 3.05) is 16.4 Å². The Morgan fingerprint density at radius 1 is 1.19 bits per heavy atom. The molecule has 0 radical (unpaired) electrons. The number of fused-ring (bicyclic) bond motifs is 2. The van der Waals surface area contributed by atoms with E-state index < -0.39 is 0 Å². The summed E-state index contributed by atoms with van der Waals surface area (Å²) in [5, 5.41) is 16.9. The molecule has 37 heavy (non-hydrogen) atoms. The van der Waals surface area contributed by atoms with Gasteiger partial charge in [-0.25, -0.2) is 15.0 Å². The average Bonchev–Trinajstić information content (AvgIpc) is 3.25. The molecule has 0 aliphatic heterocycles. The van der Waals surface area contributed by atoms with Gasteiger partial charge in [-0.1, -0.05) is 35.6 Å². The molecule has 5 N–H and O–H groups in total. The first-order chi connectivity index (χ1) is 17.7. The Kier molecular flexibility index (Phi) is 6.14. The molecule has 2 aromatic carbocycles. The number of amides is 1. The molecule has 5 aromatic rings. The first kappa shape index (κ1) is 24.1. The largest absolute Gasteiger partial charge is 0.383 e. The smallest absolute Gasteiger partial charge is 0.258 e. The van der Waals surface area contributed by atoms with Gasteiger partial charge in [0, 0.05) is 25.2 Å². The van der Waals surface area contributed by atoms with Gasteiger partial charge in [-0.15, -0.1) is 0 Å². The number of rotatable bonds is 6. The number of aryl methyl sites for hydroxylation is 1. The number of benzene rings is 2. The van der Waals surface area contributed by atoms with Crippen LogP contribution in [-0.2, 0) is 18.4 Å². The molecule has 3 aromatic heterocycles. The van der Waals surface area contributed by atoms with Crippen LogP contribution in [0.2, 0.25) is 0 Å². The molecule has 0 aliphatic carbocycles. The number of anilines is 3. The summed E-state index contributed by atoms with van der Waals surface area (Å²) >= 11 is 1.32. The Hall–Kier alpha value is -4.64. The molecule has 0 spiro atoms. The molecule has 0 fully saturated rings. The zero-order valence-electron chi connectivity index (χ0n) is 20.4. The Balaban J connectivity index is 1.47. The monoisotopic (exact) mass is 512 g/mol. The van der Waals surface area contributed by atoms with Crippen LogP contribution < -0.4 is 21.9 Å². The van der Waals surface area contributed by atoms with Gasteiger partial charge >= 0.3 is 0 Å². The second-order valence-electron chi connectivity index (χ2n) is 8.63. The van der Waals surface area contributed by atoms with Gasteiger partial charge in [-0.3, -0.25) is 15.0 Å². The summed E-state index contributed by atoms with van der Waals surface area (Å²) in [6, 6.07) is 13.1. The van der Waals surface area contributed by atoms with Crippen LogP contribution in [0, 0.1) is 12.3 Å². The van der Waals surface area contributed by atoms with Gasteiger partial charge in [0.05, 0.1) is 33.4 Å². The van der Waals surface area contributed by atoms with Gasteiger partial charge in [0.2, 0.25) is 5.91 Å². The number of thiazole rings is 1. The molecule has 0 unspecified atom stereocenters. The number of aromatic nitrogens is 4. The SMILES string of the molecule is CC(=O)Nc1nc2ccc(C(=N)c3c(N)ncnc3NCc3cc4cccc(C)c4c(=O)n3C)cc2s1. The Bertz CT molecular complexity index is 1770. The van der Waals surface area contributed by atoms with Gasteiger partial charge < -0.3 is 20.9 Å². The summed E-state index contributed by atoms with van der Waals surface area (Å²) in [6.45, 7) is 3.64. The third-order valence-corrected chi connectivity index (χ3v) is 7.03. The second-order valence-corrected chi connectivity index (χ2v) is 9.66. The van der Waals surface area contributed by atoms with E-state index in [-0.39, 0.29) is 23.0 Å². The highest BCUT2D eigenvalue weighted by Crippen LogP contribution is 2.29. The molecule has 0 saturated carbocycles. The van der Waals surface area contributed by atoms with Crippen molar-refractivity contribution in [3.05, 3.63) is 81.5 Å². The zero-order valence-corrected chi connectivity index (χ0v) is 21.2. The predicted molar refractivity (Wildman–Crippen MR) is 148 cm³/mol. The molecule has 0 bridgehead atoms. The number of hydrogen-bond donors (Lipinski definition) is 4. The Morgan fingerprint density at radius 3 is 2.78 bits per heavy atom. The van der Waals surface area contributed by atoms with Crippen molar-refractivity contribution in [3.8, 4) is 0 Å². The van der Waals surface area contributed by atoms with Crippen LogP contribution in [0.3, 0.4) is 0 Å². The number of pyridine rings is 1. The average molecular weight is 513 g/mol. The summed E-state index contributed by atoms with van der Waals surface area (Å²) in [5.41, 5.74) is 9.63. The van der Waals surface area contributed by atoms with E-state index in [9.17, 15) is 9.59 Å². The molecule has 0 saturated heterocycles. The topological polar surface area (TPSA) is 152 Å². The number of hydrogen-bond acceptors (Lipinski definition) is 9. The fourth-order valence-electron chi connectivity index (χ4n) is 4.23. The van der Waals surface area contributed by atoms with Crippen LogP contribution in [0.5, 0.6) is 0 Å². The van der Waals surface area contributed by atoms with Crippen molar-refractivity contribution in [2.24, 2.45) is 7.05 Å². The molecule has 3 heterocycles. The van der Waals surface area contributed by atoms with E-state index in [0.29, 0.717) is 39.5 Å². The maximum absolute atomic E-state index is 13.0. The van der Waals surface area contributed by atoms with Crippen LogP contribution in [0.25, 0.3) is 21.0 Å². The van der Waals surface area contributed by atoms with Crippen molar-refractivity contribution in [1.82, 2.24) is 19.5 Å². The van der Waals surface area contributed by atoms with Gasteiger partial charge in [0.25, 0.3) is 5.56 Å². The molecule has 10 nitrogen and oxygen atoms in total. The molecule has 186 valence electrons. The number of nitrogens with zero attached hydrogens (tertiary/aromatic N) is 4. The lowest BCUT2D eigenvalue weighted by molar-refractivity contribution is -0.114. The van der Waals surface area contributed by atoms with E-state index in [0.717, 1.165) is 21.3 Å². The summed E-state index contributed by atoms with van der Waals surface area (Å²) in [7, 11) is 1.74. The molecular formula is C26H24N8O2S. The molecule has 0 atom stereocenters. The summed E-state index contributed by atoms with van der Waals surface area (Å²) in [5.74, 6) is 0.350. The standard InChI is InChI=1S/C26H24N8O2S/c1-13-5-4-6-15-9-17(34(3)25(36)20(13)15)11-29-24-21(23(28)30-12-31-24)22(27)16-7-8-18-19(10-16)37-26(33-18)32-14(2)35/h4-10,12,27H,11H2,1-3H3,(H,32,33,35)(H3,28,29,30,31). The van der Waals surface area contributed by atoms with E-state index in [1.165, 1.54) is 24.6 Å². The number of carbonyl (C=O) groups is 1. The van der Waals surface area contributed by atoms with Crippen LogP contribution in [0.1, 0.15) is 29.3 Å². The predicted octanol–water partition coefficient (Wildman–Crippen LogP) is 3.82. The minimum atomic E-state index is -0.198. The van der Waals surface area contributed by atoms with Crippen LogP contribution in [-0.4, -0.2) is 31.1 Å². The first-order valence-electron chi connectivity index (χ1n) is 11.4. The Labute approximate surface area is 215 Å². The number of nitrogen functional groups attached to an aromatic ring is 1. The third kappa shape index (κ3) is 4.52.